The monoisotopic (exact) mass is 548 g/mol. The van der Waals surface area contributed by atoms with Crippen molar-refractivity contribution in [3.63, 3.8) is 0 Å². The number of ketones is 1. The Bertz CT molecular complexity index is 1450. The number of fused-ring (bicyclic) bond motifs is 1. The molecule has 1 saturated heterocycles. The van der Waals surface area contributed by atoms with Crippen molar-refractivity contribution < 1.29 is 9.59 Å². The van der Waals surface area contributed by atoms with Crippen molar-refractivity contribution in [3.05, 3.63) is 107 Å². The highest BCUT2D eigenvalue weighted by atomic mass is 16.2. The number of para-hydroxylation sites is 2. The van der Waals surface area contributed by atoms with Gasteiger partial charge in [0.1, 0.15) is 0 Å². The second kappa shape index (κ2) is 11.2. The number of piperazine rings is 1. The molecule has 41 heavy (non-hydrogen) atoms. The molecule has 1 atom stereocenters. The van der Waals surface area contributed by atoms with E-state index in [-0.39, 0.29) is 29.7 Å². The first-order valence-electron chi connectivity index (χ1n) is 14.8. The molecule has 3 aromatic carbocycles. The molecule has 1 aliphatic carbocycles. The summed E-state index contributed by atoms with van der Waals surface area (Å²) in [5.41, 5.74) is 7.05. The fourth-order valence-electron chi connectivity index (χ4n) is 6.57. The predicted octanol–water partition coefficient (Wildman–Crippen LogP) is 5.96. The van der Waals surface area contributed by atoms with Gasteiger partial charge in [0.15, 0.2) is 5.78 Å². The number of nitrogens with one attached hydrogen (secondary N) is 1. The largest absolute Gasteiger partial charge is 0.357 e. The van der Waals surface area contributed by atoms with E-state index in [4.69, 9.17) is 0 Å². The van der Waals surface area contributed by atoms with E-state index in [9.17, 15) is 9.59 Å². The molecular formula is C35H40N4O2. The molecule has 2 heterocycles. The Morgan fingerprint density at radius 2 is 1.56 bits per heavy atom. The maximum atomic E-state index is 14.0. The molecule has 0 radical (unpaired) electrons. The lowest BCUT2D eigenvalue weighted by Crippen LogP contribution is -2.51. The highest BCUT2D eigenvalue weighted by molar-refractivity contribution is 6.01. The first-order chi connectivity index (χ1) is 19.8. The van der Waals surface area contributed by atoms with Crippen LogP contribution in [-0.4, -0.2) is 54.2 Å². The quantitative estimate of drug-likeness (QED) is 0.427. The SMILES string of the molecule is Cc1ccc(C2C3=C(CC(C)(C)CC3=O)Nc3ccccc3N2CC(=O)N2CCN(Cc3ccccc3)CC2)cc1. The minimum atomic E-state index is -0.339. The van der Waals surface area contributed by atoms with Crippen molar-refractivity contribution in [1.82, 2.24) is 9.80 Å². The molecular weight excluding hydrogens is 508 g/mol. The molecule has 212 valence electrons. The Balaban J connectivity index is 1.31. The highest BCUT2D eigenvalue weighted by Crippen LogP contribution is 2.48. The average molecular weight is 549 g/mol. The Morgan fingerprint density at radius 3 is 2.29 bits per heavy atom. The zero-order chi connectivity index (χ0) is 28.6. The lowest BCUT2D eigenvalue weighted by atomic mass is 9.73. The van der Waals surface area contributed by atoms with Gasteiger partial charge in [0, 0.05) is 50.4 Å². The zero-order valence-electron chi connectivity index (χ0n) is 24.4. The van der Waals surface area contributed by atoms with E-state index in [0.29, 0.717) is 19.5 Å². The second-order valence-electron chi connectivity index (χ2n) is 12.6. The molecule has 2 aliphatic heterocycles. The Morgan fingerprint density at radius 1 is 0.878 bits per heavy atom. The first-order valence-corrected chi connectivity index (χ1v) is 14.8. The van der Waals surface area contributed by atoms with Crippen molar-refractivity contribution in [2.45, 2.75) is 46.2 Å². The molecule has 6 rings (SSSR count). The summed E-state index contributed by atoms with van der Waals surface area (Å²) in [7, 11) is 0. The third-order valence-corrected chi connectivity index (χ3v) is 8.68. The normalized spacial score (nSPS) is 20.7. The third kappa shape index (κ3) is 5.80. The number of nitrogens with zero attached hydrogens (tertiary/aromatic N) is 3. The topological polar surface area (TPSA) is 55.9 Å². The van der Waals surface area contributed by atoms with E-state index in [1.54, 1.807) is 0 Å². The highest BCUT2D eigenvalue weighted by Gasteiger charge is 2.42. The maximum Gasteiger partial charge on any atom is 0.242 e. The number of carbonyl (C=O) groups excluding carboxylic acids is 2. The molecule has 0 spiro atoms. The fourth-order valence-corrected chi connectivity index (χ4v) is 6.57. The van der Waals surface area contributed by atoms with Crippen LogP contribution in [0.4, 0.5) is 11.4 Å². The van der Waals surface area contributed by atoms with Gasteiger partial charge in [0.05, 0.1) is 24.0 Å². The van der Waals surface area contributed by atoms with Gasteiger partial charge in [-0.15, -0.1) is 0 Å². The number of aryl methyl sites for hydroxylation is 1. The van der Waals surface area contributed by atoms with Gasteiger partial charge >= 0.3 is 0 Å². The molecule has 3 aliphatic rings. The Hall–Kier alpha value is -3.90. The van der Waals surface area contributed by atoms with Crippen LogP contribution in [0.25, 0.3) is 0 Å². The van der Waals surface area contributed by atoms with Crippen LogP contribution in [0, 0.1) is 12.3 Å². The molecule has 0 aromatic heterocycles. The van der Waals surface area contributed by atoms with Crippen molar-refractivity contribution in [2.24, 2.45) is 5.41 Å². The molecule has 6 nitrogen and oxygen atoms in total. The first kappa shape index (κ1) is 27.3. The van der Waals surface area contributed by atoms with E-state index in [2.05, 4.69) is 96.6 Å². The van der Waals surface area contributed by atoms with Gasteiger partial charge in [-0.2, -0.15) is 0 Å². The fraction of sp³-hybridized carbons (Fsp3) is 0.371. The molecule has 3 aromatic rings. The van der Waals surface area contributed by atoms with Crippen LogP contribution in [0.15, 0.2) is 90.1 Å². The summed E-state index contributed by atoms with van der Waals surface area (Å²) in [6, 6.07) is 26.8. The number of hydrogen-bond donors (Lipinski definition) is 1. The van der Waals surface area contributed by atoms with Gasteiger partial charge < -0.3 is 15.1 Å². The summed E-state index contributed by atoms with van der Waals surface area (Å²) in [4.78, 5) is 34.4. The molecule has 0 bridgehead atoms. The summed E-state index contributed by atoms with van der Waals surface area (Å²) in [6.07, 6.45) is 1.29. The summed E-state index contributed by atoms with van der Waals surface area (Å²) in [5, 5.41) is 3.66. The summed E-state index contributed by atoms with van der Waals surface area (Å²) in [6.45, 7) is 10.6. The van der Waals surface area contributed by atoms with Gasteiger partial charge in [0.25, 0.3) is 0 Å². The van der Waals surface area contributed by atoms with E-state index < -0.39 is 0 Å². The summed E-state index contributed by atoms with van der Waals surface area (Å²) in [5.74, 6) is 0.262. The Kier molecular flexibility index (Phi) is 7.43. The zero-order valence-corrected chi connectivity index (χ0v) is 24.4. The van der Waals surface area contributed by atoms with Gasteiger partial charge in [-0.25, -0.2) is 0 Å². The predicted molar refractivity (Wildman–Crippen MR) is 165 cm³/mol. The van der Waals surface area contributed by atoms with Crippen LogP contribution in [0.3, 0.4) is 0 Å². The number of benzene rings is 3. The Labute approximate surface area is 243 Å². The number of anilines is 2. The molecule has 1 amide bonds. The second-order valence-corrected chi connectivity index (χ2v) is 12.6. The maximum absolute atomic E-state index is 14.0. The van der Waals surface area contributed by atoms with Crippen LogP contribution >= 0.6 is 0 Å². The van der Waals surface area contributed by atoms with Crippen LogP contribution in [0.5, 0.6) is 0 Å². The van der Waals surface area contributed by atoms with Crippen LogP contribution in [0.2, 0.25) is 0 Å². The number of rotatable bonds is 5. The molecule has 0 saturated carbocycles. The minimum absolute atomic E-state index is 0.101. The lowest BCUT2D eigenvalue weighted by molar-refractivity contribution is -0.131. The molecule has 6 heteroatoms. The number of Topliss-reactive ketones (excluding diaryl/α,β-unsaturated/α-hetero) is 1. The van der Waals surface area contributed by atoms with Gasteiger partial charge in [0.2, 0.25) is 5.91 Å². The molecule has 1 fully saturated rings. The number of hydrogen-bond acceptors (Lipinski definition) is 5. The number of carbonyl (C=O) groups is 2. The molecule has 1 N–H and O–H groups in total. The van der Waals surface area contributed by atoms with Crippen molar-refractivity contribution >= 4 is 23.1 Å². The lowest BCUT2D eigenvalue weighted by Gasteiger charge is -2.40. The number of allylic oxidation sites excluding steroid dienone is 1. The van der Waals surface area contributed by atoms with E-state index in [1.807, 2.05) is 23.1 Å². The van der Waals surface area contributed by atoms with Crippen LogP contribution in [0.1, 0.15) is 49.4 Å². The number of amides is 1. The van der Waals surface area contributed by atoms with Crippen LogP contribution < -0.4 is 10.2 Å². The molecule has 1 unspecified atom stereocenters. The third-order valence-electron chi connectivity index (χ3n) is 8.68. The smallest absolute Gasteiger partial charge is 0.242 e. The minimum Gasteiger partial charge on any atom is -0.357 e. The van der Waals surface area contributed by atoms with E-state index in [1.165, 1.54) is 11.1 Å². The average Bonchev–Trinajstić information content (AvgIpc) is 3.08. The van der Waals surface area contributed by atoms with Gasteiger partial charge in [-0.1, -0.05) is 86.1 Å². The van der Waals surface area contributed by atoms with Crippen molar-refractivity contribution in [2.75, 3.05) is 42.9 Å². The summed E-state index contributed by atoms with van der Waals surface area (Å²) < 4.78 is 0. The summed E-state index contributed by atoms with van der Waals surface area (Å²) >= 11 is 0. The van der Waals surface area contributed by atoms with Crippen molar-refractivity contribution in [1.29, 1.82) is 0 Å². The van der Waals surface area contributed by atoms with E-state index >= 15 is 0 Å². The van der Waals surface area contributed by atoms with E-state index in [0.717, 1.165) is 54.3 Å². The standard InChI is InChI=1S/C35H40N4O2/c1-25-13-15-27(16-14-25)34-33-29(21-35(2,3)22-31(33)40)36-28-11-7-8-12-30(28)39(34)24-32(41)38-19-17-37(18-20-38)23-26-9-5-4-6-10-26/h4-16,34,36H,17-24H2,1-3H3. The van der Waals surface area contributed by atoms with Crippen LogP contribution in [-0.2, 0) is 16.1 Å². The van der Waals surface area contributed by atoms with Gasteiger partial charge in [-0.05, 0) is 42.0 Å². The van der Waals surface area contributed by atoms with Crippen molar-refractivity contribution in [3.8, 4) is 0 Å². The van der Waals surface area contributed by atoms with Gasteiger partial charge in [-0.3, -0.25) is 14.5 Å².